The fourth-order valence-corrected chi connectivity index (χ4v) is 5.03. The van der Waals surface area contributed by atoms with E-state index >= 15 is 0 Å². The van der Waals surface area contributed by atoms with Crippen molar-refractivity contribution in [2.45, 2.75) is 168 Å². The van der Waals surface area contributed by atoms with Crippen molar-refractivity contribution >= 4 is 10.4 Å². The van der Waals surface area contributed by atoms with Crippen LogP contribution >= 0.6 is 0 Å². The van der Waals surface area contributed by atoms with E-state index in [1.165, 1.54) is 135 Å². The van der Waals surface area contributed by atoms with Crippen LogP contribution in [0.15, 0.2) is 12.2 Å². The molecule has 210 valence electrons. The molecule has 0 saturated carbocycles. The van der Waals surface area contributed by atoms with Gasteiger partial charge < -0.3 is 4.55 Å². The molecule has 0 aliphatic rings. The van der Waals surface area contributed by atoms with Crippen molar-refractivity contribution in [2.24, 2.45) is 5.92 Å². The Kier molecular flexibility index (Phi) is 33.7. The predicted octanol–water partition coefficient (Wildman–Crippen LogP) is 7.04. The second-order valence-electron chi connectivity index (χ2n) is 10.5. The second kappa shape index (κ2) is 30.8. The molecule has 0 amide bonds. The minimum absolute atomic E-state index is 0. The molecule has 0 radical (unpaired) electrons. The SMILES string of the molecule is CCCCCCCCCCCCCCCC/C=C/C(CCCCCCCCCC)COS(=O)(=O)[O-].[K+]. The molecule has 0 saturated heterocycles. The summed E-state index contributed by atoms with van der Waals surface area (Å²) in [6.07, 6.45) is 35.2. The van der Waals surface area contributed by atoms with Gasteiger partial charge in [0.15, 0.2) is 0 Å². The van der Waals surface area contributed by atoms with Crippen molar-refractivity contribution in [3.05, 3.63) is 12.2 Å². The van der Waals surface area contributed by atoms with Gasteiger partial charge in [-0.3, -0.25) is 4.18 Å². The van der Waals surface area contributed by atoms with Crippen molar-refractivity contribution in [3.63, 3.8) is 0 Å². The van der Waals surface area contributed by atoms with E-state index in [-0.39, 0.29) is 63.9 Å². The van der Waals surface area contributed by atoms with Crippen molar-refractivity contribution in [1.82, 2.24) is 0 Å². The summed E-state index contributed by atoms with van der Waals surface area (Å²) in [6, 6.07) is 0. The quantitative estimate of drug-likeness (QED) is 0.0342. The van der Waals surface area contributed by atoms with Gasteiger partial charge in [0.25, 0.3) is 0 Å². The Hall–Kier alpha value is 1.25. The minimum Gasteiger partial charge on any atom is -0.726 e. The maximum atomic E-state index is 10.9. The Morgan fingerprint density at radius 1 is 0.611 bits per heavy atom. The Balaban J connectivity index is 0. The number of allylic oxidation sites excluding steroid dienone is 1. The average Bonchev–Trinajstić information content (AvgIpc) is 2.82. The zero-order chi connectivity index (χ0) is 25.9. The molecule has 0 bridgehead atoms. The van der Waals surface area contributed by atoms with E-state index < -0.39 is 10.4 Å². The molecule has 4 nitrogen and oxygen atoms in total. The maximum Gasteiger partial charge on any atom is 1.00 e. The van der Waals surface area contributed by atoms with Gasteiger partial charge in [0, 0.05) is 5.92 Å². The molecule has 0 aromatic heterocycles. The third kappa shape index (κ3) is 33.3. The Morgan fingerprint density at radius 2 is 0.972 bits per heavy atom. The summed E-state index contributed by atoms with van der Waals surface area (Å²) in [7, 11) is -4.61. The average molecular weight is 555 g/mol. The summed E-state index contributed by atoms with van der Waals surface area (Å²) >= 11 is 0. The van der Waals surface area contributed by atoms with E-state index in [0.717, 1.165) is 19.3 Å². The molecule has 1 unspecified atom stereocenters. The van der Waals surface area contributed by atoms with Crippen LogP contribution in [0.5, 0.6) is 0 Å². The molecule has 36 heavy (non-hydrogen) atoms. The predicted molar refractivity (Wildman–Crippen MR) is 150 cm³/mol. The van der Waals surface area contributed by atoms with E-state index in [2.05, 4.69) is 30.2 Å². The van der Waals surface area contributed by atoms with Gasteiger partial charge >= 0.3 is 51.4 Å². The number of hydrogen-bond acceptors (Lipinski definition) is 4. The van der Waals surface area contributed by atoms with Crippen molar-refractivity contribution in [1.29, 1.82) is 0 Å². The van der Waals surface area contributed by atoms with Crippen LogP contribution in [0, 0.1) is 5.92 Å². The van der Waals surface area contributed by atoms with Gasteiger partial charge in [-0.15, -0.1) is 0 Å². The van der Waals surface area contributed by atoms with Gasteiger partial charge in [0.2, 0.25) is 10.4 Å². The summed E-state index contributed by atoms with van der Waals surface area (Å²) in [6.45, 7) is 4.49. The first kappa shape index (κ1) is 39.4. The third-order valence-corrected chi connectivity index (χ3v) is 7.41. The molecular formula is C30H59KO4S. The number of hydrogen-bond donors (Lipinski definition) is 0. The first-order valence-electron chi connectivity index (χ1n) is 15.3. The molecule has 0 rings (SSSR count). The van der Waals surface area contributed by atoms with Crippen LogP contribution in [-0.4, -0.2) is 19.6 Å². The van der Waals surface area contributed by atoms with E-state index in [9.17, 15) is 13.0 Å². The topological polar surface area (TPSA) is 66.4 Å². The van der Waals surface area contributed by atoms with Gasteiger partial charge in [-0.1, -0.05) is 161 Å². The summed E-state index contributed by atoms with van der Waals surface area (Å²) in [5, 5.41) is 0. The van der Waals surface area contributed by atoms with Gasteiger partial charge in [-0.2, -0.15) is 0 Å². The molecule has 0 heterocycles. The standard InChI is InChI=1S/C30H60O4S.K/c1-3-5-7-9-11-13-14-15-16-17-18-19-20-22-24-26-28-30(29-34-35(31,32)33)27-25-23-21-12-10-8-6-4-2;/h26,28,30H,3-25,27,29H2,1-2H3,(H,31,32,33);/q;+1/p-1/b28-26+;. The molecule has 6 heteroatoms. The van der Waals surface area contributed by atoms with Crippen LogP contribution in [0.4, 0.5) is 0 Å². The zero-order valence-corrected chi connectivity index (χ0v) is 28.4. The maximum absolute atomic E-state index is 10.9. The van der Waals surface area contributed by atoms with Crippen LogP contribution in [0.3, 0.4) is 0 Å². The number of rotatable bonds is 28. The second-order valence-corrected chi connectivity index (χ2v) is 11.6. The molecule has 0 aliphatic carbocycles. The number of unbranched alkanes of at least 4 members (excludes halogenated alkanes) is 21. The third-order valence-electron chi connectivity index (χ3n) is 6.99. The molecule has 1 atom stereocenters. The Bertz CT molecular complexity index is 551. The van der Waals surface area contributed by atoms with Gasteiger partial charge in [0.1, 0.15) is 0 Å². The van der Waals surface area contributed by atoms with E-state index in [1.807, 2.05) is 0 Å². The zero-order valence-electron chi connectivity index (χ0n) is 24.5. The molecule has 0 spiro atoms. The van der Waals surface area contributed by atoms with Gasteiger partial charge in [0.05, 0.1) is 6.61 Å². The summed E-state index contributed by atoms with van der Waals surface area (Å²) in [4.78, 5) is 0. The largest absolute Gasteiger partial charge is 1.00 e. The first-order valence-corrected chi connectivity index (χ1v) is 16.6. The minimum atomic E-state index is -4.61. The fraction of sp³-hybridized carbons (Fsp3) is 0.933. The van der Waals surface area contributed by atoms with Crippen molar-refractivity contribution in [2.75, 3.05) is 6.61 Å². The van der Waals surface area contributed by atoms with Crippen LogP contribution in [-0.2, 0) is 14.6 Å². The molecule has 0 aromatic carbocycles. The summed E-state index contributed by atoms with van der Waals surface area (Å²) < 4.78 is 37.1. The van der Waals surface area contributed by atoms with Gasteiger partial charge in [-0.25, -0.2) is 8.42 Å². The Labute approximate surface area is 269 Å². The normalized spacial score (nSPS) is 12.8. The fourth-order valence-electron chi connectivity index (χ4n) is 4.69. The van der Waals surface area contributed by atoms with Crippen LogP contribution in [0.2, 0.25) is 0 Å². The first-order chi connectivity index (χ1) is 17.0. The molecular weight excluding hydrogens is 495 g/mol. The van der Waals surface area contributed by atoms with Crippen LogP contribution in [0.25, 0.3) is 0 Å². The monoisotopic (exact) mass is 554 g/mol. The molecule has 0 aliphatic heterocycles. The van der Waals surface area contributed by atoms with Crippen molar-refractivity contribution < 1.29 is 68.5 Å². The van der Waals surface area contributed by atoms with Crippen LogP contribution < -0.4 is 51.4 Å². The van der Waals surface area contributed by atoms with E-state index in [0.29, 0.717) is 0 Å². The van der Waals surface area contributed by atoms with E-state index in [1.54, 1.807) is 0 Å². The summed E-state index contributed by atoms with van der Waals surface area (Å²) in [5.74, 6) is 0.0189. The van der Waals surface area contributed by atoms with E-state index in [4.69, 9.17) is 0 Å². The molecule has 0 N–H and O–H groups in total. The van der Waals surface area contributed by atoms with Crippen LogP contribution in [0.1, 0.15) is 168 Å². The molecule has 0 fully saturated rings. The van der Waals surface area contributed by atoms with Gasteiger partial charge in [-0.05, 0) is 19.3 Å². The van der Waals surface area contributed by atoms with Crippen molar-refractivity contribution in [3.8, 4) is 0 Å². The summed E-state index contributed by atoms with van der Waals surface area (Å²) in [5.41, 5.74) is 0. The Morgan fingerprint density at radius 3 is 1.36 bits per heavy atom. The molecule has 0 aromatic rings. The smallest absolute Gasteiger partial charge is 0.726 e.